The summed E-state index contributed by atoms with van der Waals surface area (Å²) in [4.78, 5) is 15.4. The van der Waals surface area contributed by atoms with E-state index in [1.807, 2.05) is 49.5 Å². The molecule has 0 amide bonds. The SMILES string of the molecule is COc1cc(OC)c(C2=CCN(C)CC2)c(O)c1C(=O)/C=C/c1ccc2ccccc2c1. The van der Waals surface area contributed by atoms with Crippen LogP contribution in [0.15, 0.2) is 60.7 Å². The van der Waals surface area contributed by atoms with Gasteiger partial charge in [-0.05, 0) is 47.5 Å². The van der Waals surface area contributed by atoms with Crippen LogP contribution in [-0.4, -0.2) is 50.1 Å². The number of hydrogen-bond donors (Lipinski definition) is 1. The van der Waals surface area contributed by atoms with Gasteiger partial charge in [-0.1, -0.05) is 48.6 Å². The third kappa shape index (κ3) is 4.25. The zero-order valence-electron chi connectivity index (χ0n) is 18.6. The summed E-state index contributed by atoms with van der Waals surface area (Å²) in [6.07, 6.45) is 6.05. The van der Waals surface area contributed by atoms with E-state index in [4.69, 9.17) is 9.47 Å². The highest BCUT2D eigenvalue weighted by Crippen LogP contribution is 2.44. The first-order valence-corrected chi connectivity index (χ1v) is 10.6. The Balaban J connectivity index is 1.73. The maximum absolute atomic E-state index is 13.2. The van der Waals surface area contributed by atoms with E-state index in [1.54, 1.807) is 19.3 Å². The van der Waals surface area contributed by atoms with E-state index in [2.05, 4.69) is 11.0 Å². The number of ether oxygens (including phenoxy) is 2. The van der Waals surface area contributed by atoms with Crippen molar-refractivity contribution >= 4 is 28.2 Å². The Morgan fingerprint density at radius 1 is 1.03 bits per heavy atom. The molecule has 0 saturated carbocycles. The van der Waals surface area contributed by atoms with Crippen molar-refractivity contribution in [3.8, 4) is 17.2 Å². The molecule has 0 bridgehead atoms. The minimum Gasteiger partial charge on any atom is -0.506 e. The lowest BCUT2D eigenvalue weighted by Gasteiger charge is -2.24. The Hall–Kier alpha value is -3.57. The number of phenolic OH excluding ortho intramolecular Hbond substituents is 1. The summed E-state index contributed by atoms with van der Waals surface area (Å²) in [5.74, 6) is 0.338. The Bertz CT molecular complexity index is 1230. The normalized spacial score (nSPS) is 14.5. The van der Waals surface area contributed by atoms with Crippen molar-refractivity contribution in [2.75, 3.05) is 34.4 Å². The molecule has 0 fully saturated rings. The zero-order chi connectivity index (χ0) is 22.7. The second kappa shape index (κ2) is 9.28. The largest absolute Gasteiger partial charge is 0.506 e. The summed E-state index contributed by atoms with van der Waals surface area (Å²) in [5, 5.41) is 13.4. The predicted molar refractivity (Wildman–Crippen MR) is 129 cm³/mol. The molecule has 0 aliphatic carbocycles. The lowest BCUT2D eigenvalue weighted by atomic mass is 9.93. The first-order chi connectivity index (χ1) is 15.5. The van der Waals surface area contributed by atoms with Crippen molar-refractivity contribution in [1.29, 1.82) is 0 Å². The van der Waals surface area contributed by atoms with Gasteiger partial charge in [0.15, 0.2) is 5.78 Å². The van der Waals surface area contributed by atoms with E-state index >= 15 is 0 Å². The van der Waals surface area contributed by atoms with Gasteiger partial charge in [0, 0.05) is 19.2 Å². The molecule has 0 radical (unpaired) electrons. The van der Waals surface area contributed by atoms with Gasteiger partial charge in [-0.2, -0.15) is 0 Å². The summed E-state index contributed by atoms with van der Waals surface area (Å²) in [5.41, 5.74) is 2.57. The standard InChI is InChI=1S/C27H27NO4/c1-28-14-12-20(13-15-28)25-23(31-2)17-24(32-3)26(27(25)30)22(29)11-9-18-8-10-19-6-4-5-7-21(19)16-18/h4-12,16-17,30H,13-15H2,1-3H3/b11-9+. The molecule has 1 aliphatic heterocycles. The number of carbonyl (C=O) groups is 1. The number of carbonyl (C=O) groups excluding carboxylic acids is 1. The maximum Gasteiger partial charge on any atom is 0.193 e. The maximum atomic E-state index is 13.2. The number of benzene rings is 3. The van der Waals surface area contributed by atoms with Crippen LogP contribution in [0.3, 0.4) is 0 Å². The van der Waals surface area contributed by atoms with E-state index in [1.165, 1.54) is 13.2 Å². The average molecular weight is 430 g/mol. The molecule has 0 saturated heterocycles. The number of fused-ring (bicyclic) bond motifs is 1. The topological polar surface area (TPSA) is 59.0 Å². The summed E-state index contributed by atoms with van der Waals surface area (Å²) in [6, 6.07) is 15.8. The number of nitrogens with zero attached hydrogens (tertiary/aromatic N) is 1. The zero-order valence-corrected chi connectivity index (χ0v) is 18.6. The number of phenols is 1. The van der Waals surface area contributed by atoms with Gasteiger partial charge in [-0.3, -0.25) is 4.79 Å². The van der Waals surface area contributed by atoms with Gasteiger partial charge >= 0.3 is 0 Å². The van der Waals surface area contributed by atoms with Crippen molar-refractivity contribution in [3.05, 3.63) is 77.4 Å². The number of methoxy groups -OCH3 is 2. The monoisotopic (exact) mass is 429 g/mol. The van der Waals surface area contributed by atoms with Gasteiger partial charge < -0.3 is 19.5 Å². The molecule has 1 aliphatic rings. The lowest BCUT2D eigenvalue weighted by molar-refractivity contribution is 0.104. The van der Waals surface area contributed by atoms with Crippen LogP contribution in [0.1, 0.15) is 27.9 Å². The minimum absolute atomic E-state index is 0.106. The van der Waals surface area contributed by atoms with Crippen molar-refractivity contribution < 1.29 is 19.4 Å². The minimum atomic E-state index is -0.329. The van der Waals surface area contributed by atoms with Crippen LogP contribution < -0.4 is 9.47 Å². The number of aromatic hydroxyl groups is 1. The molecule has 5 nitrogen and oxygen atoms in total. The fourth-order valence-electron chi connectivity index (χ4n) is 4.06. The third-order valence-electron chi connectivity index (χ3n) is 5.85. The van der Waals surface area contributed by atoms with Gasteiger partial charge in [0.2, 0.25) is 0 Å². The molecular weight excluding hydrogens is 402 g/mol. The van der Waals surface area contributed by atoms with E-state index < -0.39 is 0 Å². The van der Waals surface area contributed by atoms with Crippen molar-refractivity contribution in [2.45, 2.75) is 6.42 Å². The van der Waals surface area contributed by atoms with Crippen molar-refractivity contribution in [2.24, 2.45) is 0 Å². The van der Waals surface area contributed by atoms with E-state index in [9.17, 15) is 9.90 Å². The quantitative estimate of drug-likeness (QED) is 0.432. The Morgan fingerprint density at radius 3 is 2.47 bits per heavy atom. The Kier molecular flexibility index (Phi) is 6.28. The molecule has 164 valence electrons. The number of ketones is 1. The van der Waals surface area contributed by atoms with Crippen LogP contribution in [-0.2, 0) is 0 Å². The highest BCUT2D eigenvalue weighted by Gasteiger charge is 2.26. The van der Waals surface area contributed by atoms with Gasteiger partial charge in [-0.25, -0.2) is 0 Å². The van der Waals surface area contributed by atoms with Gasteiger partial charge in [0.1, 0.15) is 22.8 Å². The summed E-state index contributed by atoms with van der Waals surface area (Å²) in [6.45, 7) is 1.64. The highest BCUT2D eigenvalue weighted by atomic mass is 16.5. The Morgan fingerprint density at radius 2 is 1.78 bits per heavy atom. The molecule has 4 rings (SSSR count). The molecule has 1 heterocycles. The number of rotatable bonds is 6. The molecule has 0 atom stereocenters. The molecule has 3 aromatic carbocycles. The molecule has 1 N–H and O–H groups in total. The van der Waals surface area contributed by atoms with Crippen LogP contribution in [0.25, 0.3) is 22.4 Å². The fourth-order valence-corrected chi connectivity index (χ4v) is 4.06. The van der Waals surface area contributed by atoms with Crippen molar-refractivity contribution in [3.63, 3.8) is 0 Å². The van der Waals surface area contributed by atoms with Crippen LogP contribution in [0.5, 0.6) is 17.2 Å². The number of hydrogen-bond acceptors (Lipinski definition) is 5. The van der Waals surface area contributed by atoms with Crippen LogP contribution in [0.4, 0.5) is 0 Å². The summed E-state index contributed by atoms with van der Waals surface area (Å²) >= 11 is 0. The van der Waals surface area contributed by atoms with E-state index in [0.717, 1.165) is 41.4 Å². The van der Waals surface area contributed by atoms with Crippen LogP contribution in [0.2, 0.25) is 0 Å². The second-order valence-electron chi connectivity index (χ2n) is 7.93. The number of likely N-dealkylation sites (N-methyl/N-ethyl adjacent to an activating group) is 1. The van der Waals surface area contributed by atoms with Gasteiger partial charge in [0.25, 0.3) is 0 Å². The molecule has 0 spiro atoms. The smallest absolute Gasteiger partial charge is 0.193 e. The predicted octanol–water partition coefficient (Wildman–Crippen LogP) is 5.18. The first kappa shape index (κ1) is 21.7. The molecule has 0 aromatic heterocycles. The average Bonchev–Trinajstić information content (AvgIpc) is 2.82. The third-order valence-corrected chi connectivity index (χ3v) is 5.85. The van der Waals surface area contributed by atoms with Crippen LogP contribution >= 0.6 is 0 Å². The van der Waals surface area contributed by atoms with E-state index in [0.29, 0.717) is 11.3 Å². The molecule has 32 heavy (non-hydrogen) atoms. The van der Waals surface area contributed by atoms with Gasteiger partial charge in [0.05, 0.1) is 19.8 Å². The van der Waals surface area contributed by atoms with Crippen molar-refractivity contribution in [1.82, 2.24) is 4.90 Å². The molecular formula is C27H27NO4. The lowest BCUT2D eigenvalue weighted by Crippen LogP contribution is -2.23. The second-order valence-corrected chi connectivity index (χ2v) is 7.93. The first-order valence-electron chi connectivity index (χ1n) is 10.6. The Labute approximate surface area is 188 Å². The molecule has 3 aromatic rings. The fraction of sp³-hybridized carbons (Fsp3) is 0.222. The number of allylic oxidation sites excluding steroid dienone is 1. The summed E-state index contributed by atoms with van der Waals surface area (Å²) in [7, 11) is 5.08. The van der Waals surface area contributed by atoms with E-state index in [-0.39, 0.29) is 22.8 Å². The molecule has 0 unspecified atom stereocenters. The summed E-state index contributed by atoms with van der Waals surface area (Å²) < 4.78 is 11.0. The van der Waals surface area contributed by atoms with Crippen LogP contribution in [0, 0.1) is 0 Å². The molecule has 5 heteroatoms. The highest BCUT2D eigenvalue weighted by molar-refractivity contribution is 6.12. The van der Waals surface area contributed by atoms with Gasteiger partial charge in [-0.15, -0.1) is 0 Å².